The summed E-state index contributed by atoms with van der Waals surface area (Å²) in [5.41, 5.74) is 2.28. The van der Waals surface area contributed by atoms with Gasteiger partial charge in [0.25, 0.3) is 0 Å². The van der Waals surface area contributed by atoms with Gasteiger partial charge in [-0.1, -0.05) is 13.8 Å². The molecular formula is C14H25BrN4O. The van der Waals surface area contributed by atoms with Crippen molar-refractivity contribution in [2.24, 2.45) is 7.05 Å². The van der Waals surface area contributed by atoms with Crippen LogP contribution in [0.1, 0.15) is 25.2 Å². The lowest BCUT2D eigenvalue weighted by Gasteiger charge is -2.36. The standard InChI is InChI=1S/C14H25BrN4O/c1-10(2)16-7-12-9-20-6-5-19(12)8-13-14(15)11(3)17-18(13)4/h10,12,16H,5-9H2,1-4H3. The Morgan fingerprint density at radius 3 is 2.85 bits per heavy atom. The second-order valence-corrected chi connectivity index (χ2v) is 6.52. The lowest BCUT2D eigenvalue weighted by atomic mass is 10.2. The maximum atomic E-state index is 5.63. The molecule has 1 unspecified atom stereocenters. The summed E-state index contributed by atoms with van der Waals surface area (Å²) in [5.74, 6) is 0. The Kier molecular flexibility index (Phi) is 5.60. The van der Waals surface area contributed by atoms with Crippen LogP contribution < -0.4 is 5.32 Å². The van der Waals surface area contributed by atoms with Crippen molar-refractivity contribution in [2.45, 2.75) is 39.4 Å². The van der Waals surface area contributed by atoms with Crippen molar-refractivity contribution in [3.8, 4) is 0 Å². The summed E-state index contributed by atoms with van der Waals surface area (Å²) in [7, 11) is 2.01. The fourth-order valence-electron chi connectivity index (χ4n) is 2.50. The molecule has 6 heteroatoms. The van der Waals surface area contributed by atoms with Crippen LogP contribution in [-0.2, 0) is 18.3 Å². The second kappa shape index (κ2) is 7.02. The Hall–Kier alpha value is -0.430. The van der Waals surface area contributed by atoms with Crippen LogP contribution >= 0.6 is 15.9 Å². The summed E-state index contributed by atoms with van der Waals surface area (Å²) < 4.78 is 8.73. The number of aryl methyl sites for hydroxylation is 2. The van der Waals surface area contributed by atoms with E-state index in [-0.39, 0.29) is 0 Å². The van der Waals surface area contributed by atoms with E-state index in [9.17, 15) is 0 Å². The van der Waals surface area contributed by atoms with Gasteiger partial charge in [0, 0.05) is 38.8 Å². The number of nitrogens with one attached hydrogen (secondary N) is 1. The number of aromatic nitrogens is 2. The third kappa shape index (κ3) is 3.81. The molecule has 114 valence electrons. The van der Waals surface area contributed by atoms with E-state index in [1.54, 1.807) is 0 Å². The van der Waals surface area contributed by atoms with Crippen molar-refractivity contribution >= 4 is 15.9 Å². The quantitative estimate of drug-likeness (QED) is 0.882. The molecule has 1 atom stereocenters. The van der Waals surface area contributed by atoms with Crippen molar-refractivity contribution in [1.29, 1.82) is 0 Å². The van der Waals surface area contributed by atoms with Gasteiger partial charge in [0.05, 0.1) is 29.1 Å². The van der Waals surface area contributed by atoms with E-state index >= 15 is 0 Å². The van der Waals surface area contributed by atoms with Gasteiger partial charge in [0.1, 0.15) is 0 Å². The maximum absolute atomic E-state index is 5.63. The number of rotatable bonds is 5. The van der Waals surface area contributed by atoms with Crippen molar-refractivity contribution in [3.05, 3.63) is 15.9 Å². The van der Waals surface area contributed by atoms with E-state index in [4.69, 9.17) is 4.74 Å². The molecule has 1 aromatic heterocycles. The molecule has 2 heterocycles. The first-order valence-corrected chi connectivity index (χ1v) is 8.01. The number of hydrogen-bond donors (Lipinski definition) is 1. The van der Waals surface area contributed by atoms with Crippen LogP contribution in [0.4, 0.5) is 0 Å². The van der Waals surface area contributed by atoms with E-state index in [0.717, 1.165) is 43.0 Å². The molecule has 1 saturated heterocycles. The van der Waals surface area contributed by atoms with Crippen LogP contribution in [0.15, 0.2) is 4.47 Å². The lowest BCUT2D eigenvalue weighted by Crippen LogP contribution is -2.51. The van der Waals surface area contributed by atoms with Gasteiger partial charge in [-0.05, 0) is 22.9 Å². The minimum Gasteiger partial charge on any atom is -0.378 e. The van der Waals surface area contributed by atoms with Crippen LogP contribution in [0.2, 0.25) is 0 Å². The Labute approximate surface area is 129 Å². The molecule has 2 rings (SSSR count). The highest BCUT2D eigenvalue weighted by Crippen LogP contribution is 2.23. The molecule has 0 aliphatic carbocycles. The number of hydrogen-bond acceptors (Lipinski definition) is 4. The predicted molar refractivity (Wildman–Crippen MR) is 83.8 cm³/mol. The number of nitrogens with zero attached hydrogens (tertiary/aromatic N) is 3. The molecule has 0 saturated carbocycles. The van der Waals surface area contributed by atoms with Crippen molar-refractivity contribution < 1.29 is 4.74 Å². The molecule has 0 bridgehead atoms. The van der Waals surface area contributed by atoms with Gasteiger partial charge >= 0.3 is 0 Å². The summed E-state index contributed by atoms with van der Waals surface area (Å²) in [5, 5.41) is 7.98. The first-order valence-electron chi connectivity index (χ1n) is 7.22. The smallest absolute Gasteiger partial charge is 0.0739 e. The fraction of sp³-hybridized carbons (Fsp3) is 0.786. The number of morpholine rings is 1. The number of ether oxygens (including phenoxy) is 1. The van der Waals surface area contributed by atoms with Crippen molar-refractivity contribution in [3.63, 3.8) is 0 Å². The zero-order chi connectivity index (χ0) is 14.7. The molecule has 0 amide bonds. The molecule has 0 radical (unpaired) electrons. The summed E-state index contributed by atoms with van der Waals surface area (Å²) in [6.07, 6.45) is 0. The average Bonchev–Trinajstić information content (AvgIpc) is 2.64. The van der Waals surface area contributed by atoms with Crippen LogP contribution in [0.3, 0.4) is 0 Å². The highest BCUT2D eigenvalue weighted by molar-refractivity contribution is 9.10. The number of halogens is 1. The summed E-state index contributed by atoms with van der Waals surface area (Å²) >= 11 is 3.65. The molecule has 1 aliphatic heterocycles. The van der Waals surface area contributed by atoms with Crippen molar-refractivity contribution in [1.82, 2.24) is 20.0 Å². The normalized spacial score (nSPS) is 20.8. The summed E-state index contributed by atoms with van der Waals surface area (Å²) in [4.78, 5) is 2.49. The van der Waals surface area contributed by atoms with Crippen LogP contribution in [0.5, 0.6) is 0 Å². The molecule has 20 heavy (non-hydrogen) atoms. The van der Waals surface area contributed by atoms with E-state index in [0.29, 0.717) is 12.1 Å². The Morgan fingerprint density at radius 2 is 2.25 bits per heavy atom. The van der Waals surface area contributed by atoms with Crippen LogP contribution in [-0.4, -0.2) is 53.1 Å². The van der Waals surface area contributed by atoms with Gasteiger partial charge in [-0.15, -0.1) is 0 Å². The van der Waals surface area contributed by atoms with Crippen molar-refractivity contribution in [2.75, 3.05) is 26.3 Å². The first-order chi connectivity index (χ1) is 9.49. The van der Waals surface area contributed by atoms with E-state index in [2.05, 4.69) is 45.1 Å². The summed E-state index contributed by atoms with van der Waals surface area (Å²) in [6, 6.07) is 0.928. The SMILES string of the molecule is Cc1nn(C)c(CN2CCOCC2CNC(C)C)c1Br. The maximum Gasteiger partial charge on any atom is 0.0739 e. The molecule has 0 spiro atoms. The zero-order valence-corrected chi connectivity index (χ0v) is 14.4. The average molecular weight is 345 g/mol. The third-order valence-electron chi connectivity index (χ3n) is 3.73. The topological polar surface area (TPSA) is 42.3 Å². The molecule has 1 N–H and O–H groups in total. The third-order valence-corrected chi connectivity index (χ3v) is 4.76. The van der Waals surface area contributed by atoms with E-state index < -0.39 is 0 Å². The molecular weight excluding hydrogens is 320 g/mol. The molecule has 1 aliphatic rings. The largest absolute Gasteiger partial charge is 0.378 e. The van der Waals surface area contributed by atoms with Gasteiger partial charge < -0.3 is 10.1 Å². The summed E-state index contributed by atoms with van der Waals surface area (Å²) in [6.45, 7) is 10.8. The van der Waals surface area contributed by atoms with Gasteiger partial charge in [-0.2, -0.15) is 5.10 Å². The molecule has 1 fully saturated rings. The zero-order valence-electron chi connectivity index (χ0n) is 12.8. The molecule has 1 aromatic rings. The highest BCUT2D eigenvalue weighted by Gasteiger charge is 2.25. The first kappa shape index (κ1) is 15.9. The minimum absolute atomic E-state index is 0.424. The van der Waals surface area contributed by atoms with Gasteiger partial charge in [0.15, 0.2) is 0 Å². The van der Waals surface area contributed by atoms with Gasteiger partial charge in [-0.25, -0.2) is 0 Å². The van der Waals surface area contributed by atoms with E-state index in [1.165, 1.54) is 5.69 Å². The highest BCUT2D eigenvalue weighted by atomic mass is 79.9. The molecule has 5 nitrogen and oxygen atoms in total. The molecule has 0 aromatic carbocycles. The Balaban J connectivity index is 2.04. The monoisotopic (exact) mass is 344 g/mol. The van der Waals surface area contributed by atoms with Crippen LogP contribution in [0, 0.1) is 6.92 Å². The lowest BCUT2D eigenvalue weighted by molar-refractivity contribution is -0.0125. The minimum atomic E-state index is 0.424. The van der Waals surface area contributed by atoms with E-state index in [1.807, 2.05) is 18.7 Å². The van der Waals surface area contributed by atoms with Gasteiger partial charge in [0.2, 0.25) is 0 Å². The Morgan fingerprint density at radius 1 is 1.50 bits per heavy atom. The second-order valence-electron chi connectivity index (χ2n) is 5.73. The fourth-order valence-corrected chi connectivity index (χ4v) is 2.96. The predicted octanol–water partition coefficient (Wildman–Crippen LogP) is 1.69. The Bertz CT molecular complexity index is 447. The van der Waals surface area contributed by atoms with Gasteiger partial charge in [-0.3, -0.25) is 9.58 Å². The van der Waals surface area contributed by atoms with Crippen LogP contribution in [0.25, 0.3) is 0 Å².